The standard InChI is InChI=1S/C11H7F3NS/c1-7-15-10(6-16-7)8-2-4-9(5-3-8)11(12,13)14/h2-6H,1H2. The molecule has 1 aromatic heterocycles. The Balaban J connectivity index is 2.33. The van der Waals surface area contributed by atoms with Gasteiger partial charge < -0.3 is 0 Å². The van der Waals surface area contributed by atoms with Crippen molar-refractivity contribution in [1.29, 1.82) is 0 Å². The molecule has 1 radical (unpaired) electrons. The Kier molecular flexibility index (Phi) is 2.71. The van der Waals surface area contributed by atoms with Gasteiger partial charge >= 0.3 is 6.18 Å². The summed E-state index contributed by atoms with van der Waals surface area (Å²) in [5.74, 6) is 0. The van der Waals surface area contributed by atoms with Crippen LogP contribution >= 0.6 is 11.3 Å². The minimum Gasteiger partial charge on any atom is -0.241 e. The van der Waals surface area contributed by atoms with E-state index in [0.717, 1.165) is 12.1 Å². The zero-order valence-corrected chi connectivity index (χ0v) is 8.90. The third kappa shape index (κ3) is 2.24. The summed E-state index contributed by atoms with van der Waals surface area (Å²) in [6, 6.07) is 4.93. The van der Waals surface area contributed by atoms with Gasteiger partial charge in [0, 0.05) is 17.9 Å². The van der Waals surface area contributed by atoms with Crippen molar-refractivity contribution in [2.75, 3.05) is 0 Å². The first kappa shape index (κ1) is 11.1. The maximum absolute atomic E-state index is 12.3. The summed E-state index contributed by atoms with van der Waals surface area (Å²) in [7, 11) is 0. The highest BCUT2D eigenvalue weighted by molar-refractivity contribution is 7.10. The number of rotatable bonds is 1. The lowest BCUT2D eigenvalue weighted by Crippen LogP contribution is -2.03. The van der Waals surface area contributed by atoms with E-state index in [1.54, 1.807) is 5.38 Å². The third-order valence-corrected chi connectivity index (χ3v) is 2.76. The number of hydrogen-bond donors (Lipinski definition) is 0. The fraction of sp³-hybridized carbons (Fsp3) is 0.0909. The number of aromatic nitrogens is 1. The normalized spacial score (nSPS) is 11.8. The average Bonchev–Trinajstić information content (AvgIpc) is 2.64. The molecule has 2 rings (SSSR count). The summed E-state index contributed by atoms with van der Waals surface area (Å²) in [6.45, 7) is 3.65. The van der Waals surface area contributed by atoms with Crippen molar-refractivity contribution in [1.82, 2.24) is 4.98 Å². The quantitative estimate of drug-likeness (QED) is 0.736. The third-order valence-electron chi connectivity index (χ3n) is 2.06. The van der Waals surface area contributed by atoms with Crippen molar-refractivity contribution in [3.63, 3.8) is 0 Å². The molecule has 0 unspecified atom stereocenters. The molecule has 1 nitrogen and oxygen atoms in total. The molecule has 0 atom stereocenters. The molecule has 83 valence electrons. The van der Waals surface area contributed by atoms with Gasteiger partial charge in [-0.25, -0.2) is 4.98 Å². The molecule has 5 heteroatoms. The summed E-state index contributed by atoms with van der Waals surface area (Å²) in [6.07, 6.45) is -4.29. The van der Waals surface area contributed by atoms with Gasteiger partial charge in [0.2, 0.25) is 0 Å². The second-order valence-electron chi connectivity index (χ2n) is 3.20. The van der Waals surface area contributed by atoms with Crippen molar-refractivity contribution in [2.24, 2.45) is 0 Å². The van der Waals surface area contributed by atoms with Crippen LogP contribution in [0.1, 0.15) is 10.6 Å². The molecule has 1 heterocycles. The molecule has 1 aromatic carbocycles. The largest absolute Gasteiger partial charge is 0.416 e. The summed E-state index contributed by atoms with van der Waals surface area (Å²) >= 11 is 1.36. The Hall–Kier alpha value is -1.36. The fourth-order valence-corrected chi connectivity index (χ4v) is 1.86. The number of thiazole rings is 1. The molecule has 0 bridgehead atoms. The van der Waals surface area contributed by atoms with E-state index < -0.39 is 11.7 Å². The Bertz CT molecular complexity index is 485. The molecule has 0 saturated heterocycles. The molecule has 0 aliphatic carbocycles. The van der Waals surface area contributed by atoms with E-state index in [9.17, 15) is 13.2 Å². The van der Waals surface area contributed by atoms with Crippen LogP contribution in [-0.4, -0.2) is 4.98 Å². The van der Waals surface area contributed by atoms with E-state index in [1.165, 1.54) is 23.5 Å². The van der Waals surface area contributed by atoms with Gasteiger partial charge in [0.1, 0.15) is 0 Å². The molecule has 0 N–H and O–H groups in total. The molecule has 0 aliphatic rings. The molecule has 0 spiro atoms. The van der Waals surface area contributed by atoms with Crippen LogP contribution in [0.2, 0.25) is 0 Å². The Morgan fingerprint density at radius 3 is 2.19 bits per heavy atom. The van der Waals surface area contributed by atoms with Gasteiger partial charge in [0.25, 0.3) is 0 Å². The first-order valence-corrected chi connectivity index (χ1v) is 5.30. The van der Waals surface area contributed by atoms with Gasteiger partial charge in [-0.2, -0.15) is 13.2 Å². The van der Waals surface area contributed by atoms with Crippen LogP contribution in [0.4, 0.5) is 13.2 Å². The lowest BCUT2D eigenvalue weighted by atomic mass is 10.1. The predicted molar refractivity (Wildman–Crippen MR) is 57.0 cm³/mol. The molecule has 16 heavy (non-hydrogen) atoms. The predicted octanol–water partition coefficient (Wildman–Crippen LogP) is 4.01. The lowest BCUT2D eigenvalue weighted by Gasteiger charge is -2.06. The van der Waals surface area contributed by atoms with Crippen LogP contribution in [-0.2, 0) is 6.18 Å². The van der Waals surface area contributed by atoms with E-state index in [0.29, 0.717) is 16.3 Å². The number of halogens is 3. The fourth-order valence-electron chi connectivity index (χ4n) is 1.27. The number of alkyl halides is 3. The van der Waals surface area contributed by atoms with E-state index in [1.807, 2.05) is 0 Å². The van der Waals surface area contributed by atoms with E-state index in [4.69, 9.17) is 0 Å². The molecule has 0 amide bonds. The molecule has 0 saturated carbocycles. The molecular weight excluding hydrogens is 235 g/mol. The van der Waals surface area contributed by atoms with E-state index >= 15 is 0 Å². The van der Waals surface area contributed by atoms with Crippen LogP contribution in [0.25, 0.3) is 11.3 Å². The zero-order valence-electron chi connectivity index (χ0n) is 8.08. The van der Waals surface area contributed by atoms with Crippen molar-refractivity contribution >= 4 is 11.3 Å². The van der Waals surface area contributed by atoms with Crippen LogP contribution < -0.4 is 0 Å². The first-order valence-electron chi connectivity index (χ1n) is 4.42. The minimum absolute atomic E-state index is 0.648. The minimum atomic E-state index is -4.29. The maximum Gasteiger partial charge on any atom is 0.416 e. The SMILES string of the molecule is [CH2]c1nc(-c2ccc(C(F)(F)F)cc2)cs1. The van der Waals surface area contributed by atoms with Crippen LogP contribution in [0.3, 0.4) is 0 Å². The van der Waals surface area contributed by atoms with Crippen molar-refractivity contribution < 1.29 is 13.2 Å². The van der Waals surface area contributed by atoms with Gasteiger partial charge in [0.15, 0.2) is 0 Å². The van der Waals surface area contributed by atoms with E-state index in [2.05, 4.69) is 11.9 Å². The van der Waals surface area contributed by atoms with Gasteiger partial charge in [-0.1, -0.05) is 12.1 Å². The highest BCUT2D eigenvalue weighted by Gasteiger charge is 2.29. The average molecular weight is 242 g/mol. The lowest BCUT2D eigenvalue weighted by molar-refractivity contribution is -0.137. The maximum atomic E-state index is 12.3. The van der Waals surface area contributed by atoms with E-state index in [-0.39, 0.29) is 0 Å². The number of benzene rings is 1. The second kappa shape index (κ2) is 3.90. The highest BCUT2D eigenvalue weighted by Crippen LogP contribution is 2.31. The smallest absolute Gasteiger partial charge is 0.241 e. The van der Waals surface area contributed by atoms with Gasteiger partial charge in [0.05, 0.1) is 16.3 Å². The monoisotopic (exact) mass is 242 g/mol. The summed E-state index contributed by atoms with van der Waals surface area (Å²) in [4.78, 5) is 4.10. The molecule has 0 fully saturated rings. The molecular formula is C11H7F3NS. The summed E-state index contributed by atoms with van der Waals surface area (Å²) in [5.41, 5.74) is 0.671. The van der Waals surface area contributed by atoms with Crippen LogP contribution in [0, 0.1) is 6.92 Å². The Morgan fingerprint density at radius 2 is 1.75 bits per heavy atom. The second-order valence-corrected chi connectivity index (χ2v) is 4.14. The highest BCUT2D eigenvalue weighted by atomic mass is 32.1. The Morgan fingerprint density at radius 1 is 1.12 bits per heavy atom. The van der Waals surface area contributed by atoms with Crippen molar-refractivity contribution in [2.45, 2.75) is 6.18 Å². The Labute approximate surface area is 94.6 Å². The van der Waals surface area contributed by atoms with Gasteiger partial charge in [-0.3, -0.25) is 0 Å². The van der Waals surface area contributed by atoms with Crippen molar-refractivity contribution in [3.05, 3.63) is 47.1 Å². The molecule has 0 aliphatic heterocycles. The van der Waals surface area contributed by atoms with Gasteiger partial charge in [-0.05, 0) is 12.1 Å². The van der Waals surface area contributed by atoms with Gasteiger partial charge in [-0.15, -0.1) is 11.3 Å². The zero-order chi connectivity index (χ0) is 11.8. The first-order chi connectivity index (χ1) is 7.47. The number of hydrogen-bond acceptors (Lipinski definition) is 2. The number of nitrogens with zero attached hydrogens (tertiary/aromatic N) is 1. The molecule has 2 aromatic rings. The van der Waals surface area contributed by atoms with Crippen LogP contribution in [0.15, 0.2) is 29.6 Å². The van der Waals surface area contributed by atoms with Crippen LogP contribution in [0.5, 0.6) is 0 Å². The summed E-state index contributed by atoms with van der Waals surface area (Å²) < 4.78 is 36.9. The topological polar surface area (TPSA) is 12.9 Å². The summed E-state index contributed by atoms with van der Waals surface area (Å²) in [5, 5.41) is 2.42. The van der Waals surface area contributed by atoms with Crippen molar-refractivity contribution in [3.8, 4) is 11.3 Å².